The second-order valence-electron chi connectivity index (χ2n) is 4.43. The number of aryl methyl sites for hydroxylation is 1. The van der Waals surface area contributed by atoms with Crippen LogP contribution in [-0.4, -0.2) is 19.1 Å². The molecule has 18 heavy (non-hydrogen) atoms. The first kappa shape index (κ1) is 14.7. The molecule has 4 N–H and O–H groups in total. The molecule has 0 aliphatic carbocycles. The lowest BCUT2D eigenvalue weighted by molar-refractivity contribution is -0.122. The van der Waals surface area contributed by atoms with Crippen LogP contribution < -0.4 is 11.5 Å². The molecular weight excluding hydrogens is 228 g/mol. The third-order valence-corrected chi connectivity index (χ3v) is 2.77. The molecule has 0 aromatic heterocycles. The third-order valence-electron chi connectivity index (χ3n) is 2.77. The number of rotatable bonds is 8. The van der Waals surface area contributed by atoms with Crippen LogP contribution in [0.5, 0.6) is 0 Å². The zero-order chi connectivity index (χ0) is 13.4. The molecule has 0 saturated heterocycles. The number of hydrogen-bond acceptors (Lipinski definition) is 3. The van der Waals surface area contributed by atoms with E-state index in [4.69, 9.17) is 16.2 Å². The minimum atomic E-state index is -0.475. The molecule has 1 amide bonds. The van der Waals surface area contributed by atoms with Crippen molar-refractivity contribution in [3.8, 4) is 0 Å². The van der Waals surface area contributed by atoms with Gasteiger partial charge in [-0.15, -0.1) is 0 Å². The number of hydrogen-bond donors (Lipinski definition) is 2. The van der Waals surface area contributed by atoms with E-state index in [1.165, 1.54) is 18.4 Å². The Labute approximate surface area is 108 Å². The van der Waals surface area contributed by atoms with Crippen molar-refractivity contribution in [1.29, 1.82) is 0 Å². The number of primary amides is 1. The van der Waals surface area contributed by atoms with E-state index in [0.29, 0.717) is 6.61 Å². The van der Waals surface area contributed by atoms with Crippen LogP contribution in [0.25, 0.3) is 0 Å². The van der Waals surface area contributed by atoms with Gasteiger partial charge in [0, 0.05) is 0 Å². The minimum absolute atomic E-state index is 0.0811. The Hall–Kier alpha value is -1.39. The minimum Gasteiger partial charge on any atom is -0.370 e. The van der Waals surface area contributed by atoms with E-state index in [2.05, 4.69) is 19.1 Å². The van der Waals surface area contributed by atoms with Gasteiger partial charge in [0.05, 0.1) is 12.6 Å². The van der Waals surface area contributed by atoms with Crippen LogP contribution in [0, 0.1) is 0 Å². The van der Waals surface area contributed by atoms with Gasteiger partial charge in [0.15, 0.2) is 0 Å². The molecule has 100 valence electrons. The lowest BCUT2D eigenvalue weighted by Crippen LogP contribution is -2.23. The smallest absolute Gasteiger partial charge is 0.243 e. The van der Waals surface area contributed by atoms with E-state index in [1.807, 2.05) is 12.1 Å². The van der Waals surface area contributed by atoms with Crippen LogP contribution >= 0.6 is 0 Å². The van der Waals surface area contributed by atoms with E-state index in [-0.39, 0.29) is 12.6 Å². The number of ether oxygens (including phenoxy) is 1. The van der Waals surface area contributed by atoms with Gasteiger partial charge in [-0.1, -0.05) is 37.6 Å². The Morgan fingerprint density at radius 1 is 1.33 bits per heavy atom. The van der Waals surface area contributed by atoms with E-state index >= 15 is 0 Å². The van der Waals surface area contributed by atoms with Crippen LogP contribution in [0.4, 0.5) is 0 Å². The summed E-state index contributed by atoms with van der Waals surface area (Å²) in [5, 5.41) is 0. The van der Waals surface area contributed by atoms with Gasteiger partial charge in [-0.25, -0.2) is 0 Å². The lowest BCUT2D eigenvalue weighted by atomic mass is 10.0. The van der Waals surface area contributed by atoms with Gasteiger partial charge in [-0.2, -0.15) is 0 Å². The second kappa shape index (κ2) is 7.84. The van der Waals surface area contributed by atoms with Crippen molar-refractivity contribution in [2.24, 2.45) is 11.5 Å². The number of amides is 1. The van der Waals surface area contributed by atoms with Crippen LogP contribution in [0.3, 0.4) is 0 Å². The summed E-state index contributed by atoms with van der Waals surface area (Å²) in [6.07, 6.45) is 3.50. The van der Waals surface area contributed by atoms with Crippen molar-refractivity contribution in [2.45, 2.75) is 32.2 Å². The summed E-state index contributed by atoms with van der Waals surface area (Å²) >= 11 is 0. The van der Waals surface area contributed by atoms with E-state index in [1.54, 1.807) is 0 Å². The van der Waals surface area contributed by atoms with Gasteiger partial charge in [0.2, 0.25) is 5.91 Å². The summed E-state index contributed by atoms with van der Waals surface area (Å²) in [5.74, 6) is -0.475. The molecule has 1 atom stereocenters. The Bertz CT molecular complexity index is 363. The predicted octanol–water partition coefficient (Wildman–Crippen LogP) is 1.53. The molecule has 4 nitrogen and oxygen atoms in total. The molecule has 1 rings (SSSR count). The van der Waals surface area contributed by atoms with Crippen molar-refractivity contribution < 1.29 is 9.53 Å². The molecule has 4 heteroatoms. The first-order chi connectivity index (χ1) is 8.63. The highest BCUT2D eigenvalue weighted by Gasteiger charge is 2.06. The largest absolute Gasteiger partial charge is 0.370 e. The van der Waals surface area contributed by atoms with Crippen molar-refractivity contribution in [3.63, 3.8) is 0 Å². The predicted molar refractivity (Wildman–Crippen MR) is 72.0 cm³/mol. The average molecular weight is 250 g/mol. The average Bonchev–Trinajstić information content (AvgIpc) is 2.36. The summed E-state index contributed by atoms with van der Waals surface area (Å²) < 4.78 is 5.11. The molecule has 1 aromatic carbocycles. The van der Waals surface area contributed by atoms with Crippen molar-refractivity contribution in [3.05, 3.63) is 35.4 Å². The standard InChI is InChI=1S/C14H22N2O2/c1-2-3-4-11-5-7-12(8-6-11)13(15)9-18-10-14(16)17/h5-8,13H,2-4,9-10,15H2,1H3,(H2,16,17). The Kier molecular flexibility index (Phi) is 6.39. The molecule has 0 saturated carbocycles. The monoisotopic (exact) mass is 250 g/mol. The first-order valence-electron chi connectivity index (χ1n) is 6.34. The molecule has 0 fully saturated rings. The fourth-order valence-corrected chi connectivity index (χ4v) is 1.70. The van der Waals surface area contributed by atoms with Crippen LogP contribution in [-0.2, 0) is 16.0 Å². The van der Waals surface area contributed by atoms with E-state index in [9.17, 15) is 4.79 Å². The Morgan fingerprint density at radius 3 is 2.56 bits per heavy atom. The second-order valence-corrected chi connectivity index (χ2v) is 4.43. The summed E-state index contributed by atoms with van der Waals surface area (Å²) in [6, 6.07) is 8.01. The maximum absolute atomic E-state index is 10.5. The molecule has 1 unspecified atom stereocenters. The summed E-state index contributed by atoms with van der Waals surface area (Å²) in [4.78, 5) is 10.5. The van der Waals surface area contributed by atoms with Crippen molar-refractivity contribution in [1.82, 2.24) is 0 Å². The molecule has 0 aliphatic rings. The normalized spacial score (nSPS) is 12.3. The molecule has 1 aromatic rings. The highest BCUT2D eigenvalue weighted by molar-refractivity contribution is 5.74. The van der Waals surface area contributed by atoms with Crippen LogP contribution in [0.15, 0.2) is 24.3 Å². The quantitative estimate of drug-likeness (QED) is 0.734. The van der Waals surface area contributed by atoms with Gasteiger partial charge in [-0.3, -0.25) is 4.79 Å². The van der Waals surface area contributed by atoms with Gasteiger partial charge >= 0.3 is 0 Å². The highest BCUT2D eigenvalue weighted by atomic mass is 16.5. The maximum Gasteiger partial charge on any atom is 0.243 e. The van der Waals surface area contributed by atoms with Crippen molar-refractivity contribution in [2.75, 3.05) is 13.2 Å². The van der Waals surface area contributed by atoms with Crippen LogP contribution in [0.1, 0.15) is 36.9 Å². The fourth-order valence-electron chi connectivity index (χ4n) is 1.70. The molecular formula is C14H22N2O2. The Morgan fingerprint density at radius 2 is 2.00 bits per heavy atom. The van der Waals surface area contributed by atoms with Gasteiger partial charge < -0.3 is 16.2 Å². The van der Waals surface area contributed by atoms with Crippen molar-refractivity contribution >= 4 is 5.91 Å². The van der Waals surface area contributed by atoms with Gasteiger partial charge in [-0.05, 0) is 24.0 Å². The van der Waals surface area contributed by atoms with Crippen LogP contribution in [0.2, 0.25) is 0 Å². The number of nitrogens with two attached hydrogens (primary N) is 2. The summed E-state index contributed by atoms with van der Waals surface area (Å²) in [6.45, 7) is 2.40. The molecule has 0 aliphatic heterocycles. The topological polar surface area (TPSA) is 78.3 Å². The SMILES string of the molecule is CCCCc1ccc(C(N)COCC(N)=O)cc1. The summed E-state index contributed by atoms with van der Waals surface area (Å²) in [7, 11) is 0. The zero-order valence-corrected chi connectivity index (χ0v) is 10.9. The number of carbonyl (C=O) groups excluding carboxylic acids is 1. The lowest BCUT2D eigenvalue weighted by Gasteiger charge is -2.12. The number of carbonyl (C=O) groups is 1. The maximum atomic E-state index is 10.5. The molecule has 0 heterocycles. The Balaban J connectivity index is 2.43. The highest BCUT2D eigenvalue weighted by Crippen LogP contribution is 2.13. The van der Waals surface area contributed by atoms with Gasteiger partial charge in [0.1, 0.15) is 6.61 Å². The third kappa shape index (κ3) is 5.29. The zero-order valence-electron chi connectivity index (χ0n) is 10.9. The van der Waals surface area contributed by atoms with Gasteiger partial charge in [0.25, 0.3) is 0 Å². The number of benzene rings is 1. The molecule has 0 spiro atoms. The summed E-state index contributed by atoms with van der Waals surface area (Å²) in [5.41, 5.74) is 13.3. The van der Waals surface area contributed by atoms with E-state index < -0.39 is 5.91 Å². The first-order valence-corrected chi connectivity index (χ1v) is 6.34. The number of unbranched alkanes of at least 4 members (excludes halogenated alkanes) is 1. The fraction of sp³-hybridized carbons (Fsp3) is 0.500. The molecule has 0 bridgehead atoms. The molecule has 0 radical (unpaired) electrons. The van der Waals surface area contributed by atoms with E-state index in [0.717, 1.165) is 12.0 Å².